The van der Waals surface area contributed by atoms with Crippen LogP contribution >= 0.6 is 0 Å². The molecule has 1 rings (SSSR count). The van der Waals surface area contributed by atoms with Gasteiger partial charge in [-0.1, -0.05) is 6.92 Å². The Balaban J connectivity index is 2.85. The number of aromatic amines is 1. The Labute approximate surface area is 94.4 Å². The maximum Gasteiger partial charge on any atom is 0.276 e. The number of anilines is 1. The van der Waals surface area contributed by atoms with Crippen molar-refractivity contribution in [3.8, 4) is 0 Å². The number of nitrogens with two attached hydrogens (primary N) is 1. The molecule has 0 bridgehead atoms. The number of aromatic nitrogens is 2. The summed E-state index contributed by atoms with van der Waals surface area (Å²) in [6.45, 7) is 4.56. The number of rotatable bonds is 5. The average molecular weight is 226 g/mol. The van der Waals surface area contributed by atoms with Crippen LogP contribution in [-0.4, -0.2) is 45.8 Å². The van der Waals surface area contributed by atoms with Gasteiger partial charge in [0.05, 0.1) is 18.0 Å². The monoisotopic (exact) mass is 226 g/mol. The summed E-state index contributed by atoms with van der Waals surface area (Å²) in [5.74, 6) is -0.238. The second-order valence-corrected chi connectivity index (χ2v) is 3.63. The van der Waals surface area contributed by atoms with Crippen LogP contribution in [0.15, 0.2) is 0 Å². The summed E-state index contributed by atoms with van der Waals surface area (Å²) in [4.78, 5) is 13.6. The molecule has 0 aliphatic carbocycles. The molecule has 0 spiro atoms. The van der Waals surface area contributed by atoms with E-state index in [2.05, 4.69) is 10.2 Å². The van der Waals surface area contributed by atoms with Crippen molar-refractivity contribution >= 4 is 11.6 Å². The SMILES string of the molecule is CCCN(CCO)C(=O)c1n[nH]c(C)c1N. The maximum absolute atomic E-state index is 12.0. The van der Waals surface area contributed by atoms with Crippen LogP contribution in [0.5, 0.6) is 0 Å². The van der Waals surface area contributed by atoms with Gasteiger partial charge in [0, 0.05) is 13.1 Å². The van der Waals surface area contributed by atoms with Crippen LogP contribution in [0.25, 0.3) is 0 Å². The minimum atomic E-state index is -0.238. The fraction of sp³-hybridized carbons (Fsp3) is 0.600. The first-order valence-corrected chi connectivity index (χ1v) is 5.32. The Morgan fingerprint density at radius 3 is 2.69 bits per heavy atom. The van der Waals surface area contributed by atoms with Gasteiger partial charge in [-0.15, -0.1) is 0 Å². The van der Waals surface area contributed by atoms with Crippen molar-refractivity contribution < 1.29 is 9.90 Å². The Morgan fingerprint density at radius 1 is 1.56 bits per heavy atom. The molecule has 90 valence electrons. The van der Waals surface area contributed by atoms with E-state index in [1.165, 1.54) is 0 Å². The highest BCUT2D eigenvalue weighted by Gasteiger charge is 2.20. The summed E-state index contributed by atoms with van der Waals surface area (Å²) < 4.78 is 0. The number of hydrogen-bond acceptors (Lipinski definition) is 4. The van der Waals surface area contributed by atoms with Gasteiger partial charge in [0.1, 0.15) is 0 Å². The van der Waals surface area contributed by atoms with Crippen molar-refractivity contribution in [2.45, 2.75) is 20.3 Å². The number of aryl methyl sites for hydroxylation is 1. The second-order valence-electron chi connectivity index (χ2n) is 3.63. The summed E-state index contributed by atoms with van der Waals surface area (Å²) in [5, 5.41) is 15.4. The van der Waals surface area contributed by atoms with Crippen LogP contribution in [0.3, 0.4) is 0 Å². The Hall–Kier alpha value is -1.56. The van der Waals surface area contributed by atoms with Gasteiger partial charge < -0.3 is 15.7 Å². The fourth-order valence-electron chi connectivity index (χ4n) is 1.46. The number of aliphatic hydroxyl groups is 1. The van der Waals surface area contributed by atoms with E-state index in [4.69, 9.17) is 10.8 Å². The molecule has 6 heteroatoms. The number of nitrogens with zero attached hydrogens (tertiary/aromatic N) is 2. The number of nitrogens with one attached hydrogen (secondary N) is 1. The van der Waals surface area contributed by atoms with E-state index in [1.54, 1.807) is 11.8 Å². The topological polar surface area (TPSA) is 95.2 Å². The molecule has 1 heterocycles. The first-order valence-electron chi connectivity index (χ1n) is 5.32. The normalized spacial score (nSPS) is 10.4. The van der Waals surface area contributed by atoms with Crippen molar-refractivity contribution in [1.29, 1.82) is 0 Å². The smallest absolute Gasteiger partial charge is 0.276 e. The van der Waals surface area contributed by atoms with Crippen LogP contribution in [0.4, 0.5) is 5.69 Å². The van der Waals surface area contributed by atoms with E-state index in [1.807, 2.05) is 6.92 Å². The quantitative estimate of drug-likeness (QED) is 0.665. The molecular weight excluding hydrogens is 208 g/mol. The van der Waals surface area contributed by atoms with Crippen LogP contribution in [0.2, 0.25) is 0 Å². The number of carbonyl (C=O) groups excluding carboxylic acids is 1. The first-order chi connectivity index (χ1) is 7.61. The zero-order valence-corrected chi connectivity index (χ0v) is 9.66. The third-order valence-corrected chi connectivity index (χ3v) is 2.35. The standard InChI is InChI=1S/C10H18N4O2/c1-3-4-14(5-6-15)10(16)9-8(11)7(2)12-13-9/h15H,3-6,11H2,1-2H3,(H,12,13). The van der Waals surface area contributed by atoms with Gasteiger partial charge in [0.25, 0.3) is 5.91 Å². The summed E-state index contributed by atoms with van der Waals surface area (Å²) in [6.07, 6.45) is 0.828. The highest BCUT2D eigenvalue weighted by atomic mass is 16.3. The largest absolute Gasteiger partial charge is 0.395 e. The molecule has 0 aliphatic rings. The molecule has 0 aromatic carbocycles. The van der Waals surface area contributed by atoms with Crippen molar-refractivity contribution in [2.24, 2.45) is 0 Å². The van der Waals surface area contributed by atoms with Gasteiger partial charge in [0.15, 0.2) is 5.69 Å². The molecule has 0 atom stereocenters. The summed E-state index contributed by atoms with van der Waals surface area (Å²) in [5.41, 5.74) is 7.03. The van der Waals surface area contributed by atoms with Gasteiger partial charge in [0.2, 0.25) is 0 Å². The molecular formula is C10H18N4O2. The number of amides is 1. The maximum atomic E-state index is 12.0. The molecule has 0 aliphatic heterocycles. The summed E-state index contributed by atoms with van der Waals surface area (Å²) in [7, 11) is 0. The lowest BCUT2D eigenvalue weighted by Gasteiger charge is -2.19. The number of nitrogen functional groups attached to an aromatic ring is 1. The molecule has 0 radical (unpaired) electrons. The van der Waals surface area contributed by atoms with E-state index in [-0.39, 0.29) is 18.2 Å². The molecule has 4 N–H and O–H groups in total. The third kappa shape index (κ3) is 2.52. The lowest BCUT2D eigenvalue weighted by atomic mass is 10.2. The molecule has 1 aromatic heterocycles. The highest BCUT2D eigenvalue weighted by molar-refractivity contribution is 5.97. The molecule has 16 heavy (non-hydrogen) atoms. The predicted octanol–water partition coefficient (Wildman–Crippen LogP) is 0.145. The fourth-order valence-corrected chi connectivity index (χ4v) is 1.46. The Kier molecular flexibility index (Phi) is 4.30. The predicted molar refractivity (Wildman–Crippen MR) is 61.0 cm³/mol. The van der Waals surface area contributed by atoms with Crippen molar-refractivity contribution in [3.05, 3.63) is 11.4 Å². The van der Waals surface area contributed by atoms with Crippen LogP contribution < -0.4 is 5.73 Å². The average Bonchev–Trinajstić information content (AvgIpc) is 2.59. The van der Waals surface area contributed by atoms with Crippen LogP contribution in [0, 0.1) is 6.92 Å². The molecule has 1 aromatic rings. The third-order valence-electron chi connectivity index (χ3n) is 2.35. The molecule has 0 unspecified atom stereocenters. The van der Waals surface area contributed by atoms with Gasteiger partial charge in [-0.05, 0) is 13.3 Å². The van der Waals surface area contributed by atoms with E-state index >= 15 is 0 Å². The lowest BCUT2D eigenvalue weighted by Crippen LogP contribution is -2.34. The number of hydrogen-bond donors (Lipinski definition) is 3. The highest BCUT2D eigenvalue weighted by Crippen LogP contribution is 2.14. The lowest BCUT2D eigenvalue weighted by molar-refractivity contribution is 0.0717. The van der Waals surface area contributed by atoms with Crippen LogP contribution in [0.1, 0.15) is 29.5 Å². The minimum absolute atomic E-state index is 0.0605. The summed E-state index contributed by atoms with van der Waals surface area (Å²) >= 11 is 0. The molecule has 0 saturated carbocycles. The zero-order chi connectivity index (χ0) is 12.1. The van der Waals surface area contributed by atoms with E-state index < -0.39 is 0 Å². The van der Waals surface area contributed by atoms with Crippen molar-refractivity contribution in [1.82, 2.24) is 15.1 Å². The number of aliphatic hydroxyl groups excluding tert-OH is 1. The van der Waals surface area contributed by atoms with E-state index in [0.29, 0.717) is 24.5 Å². The van der Waals surface area contributed by atoms with Gasteiger partial charge in [-0.2, -0.15) is 5.10 Å². The van der Waals surface area contributed by atoms with Crippen molar-refractivity contribution in [2.75, 3.05) is 25.4 Å². The van der Waals surface area contributed by atoms with Crippen LogP contribution in [-0.2, 0) is 0 Å². The van der Waals surface area contributed by atoms with E-state index in [0.717, 1.165) is 6.42 Å². The molecule has 0 saturated heterocycles. The Morgan fingerprint density at radius 2 is 2.25 bits per heavy atom. The van der Waals surface area contributed by atoms with Gasteiger partial charge in [-0.25, -0.2) is 0 Å². The number of H-pyrrole nitrogens is 1. The zero-order valence-electron chi connectivity index (χ0n) is 9.66. The molecule has 0 fully saturated rings. The van der Waals surface area contributed by atoms with Gasteiger partial charge >= 0.3 is 0 Å². The minimum Gasteiger partial charge on any atom is -0.395 e. The first kappa shape index (κ1) is 12.5. The molecule has 6 nitrogen and oxygen atoms in total. The Bertz CT molecular complexity index is 356. The molecule has 1 amide bonds. The van der Waals surface area contributed by atoms with Crippen molar-refractivity contribution in [3.63, 3.8) is 0 Å². The number of carbonyl (C=O) groups is 1. The summed E-state index contributed by atoms with van der Waals surface area (Å²) in [6, 6.07) is 0. The second kappa shape index (κ2) is 5.50. The van der Waals surface area contributed by atoms with E-state index in [9.17, 15) is 4.79 Å². The van der Waals surface area contributed by atoms with Gasteiger partial charge in [-0.3, -0.25) is 9.89 Å².